The van der Waals surface area contributed by atoms with Gasteiger partial charge in [0.15, 0.2) is 16.6 Å². The van der Waals surface area contributed by atoms with Gasteiger partial charge in [0.05, 0.1) is 17.3 Å². The van der Waals surface area contributed by atoms with Crippen molar-refractivity contribution in [1.82, 2.24) is 5.43 Å². The number of halogens is 2. The molecule has 0 aromatic heterocycles. The van der Waals surface area contributed by atoms with Crippen molar-refractivity contribution in [2.75, 3.05) is 6.61 Å². The van der Waals surface area contributed by atoms with Gasteiger partial charge in [-0.1, -0.05) is 23.7 Å². The lowest BCUT2D eigenvalue weighted by Gasteiger charge is -2.14. The molecule has 0 fully saturated rings. The van der Waals surface area contributed by atoms with Gasteiger partial charge in [-0.05, 0) is 70.5 Å². The molecular formula is C17H17BrClN3O2S. The van der Waals surface area contributed by atoms with E-state index in [0.717, 1.165) is 15.6 Å². The Morgan fingerprint density at radius 3 is 2.68 bits per heavy atom. The predicted octanol–water partition coefficient (Wildman–Crippen LogP) is 4.25. The van der Waals surface area contributed by atoms with Crippen molar-refractivity contribution in [2.24, 2.45) is 10.8 Å². The van der Waals surface area contributed by atoms with Crippen molar-refractivity contribution in [1.29, 1.82) is 0 Å². The molecular weight excluding hydrogens is 426 g/mol. The Kier molecular flexibility index (Phi) is 7.49. The average Bonchev–Trinajstić information content (AvgIpc) is 2.55. The van der Waals surface area contributed by atoms with Crippen LogP contribution in [0.15, 0.2) is 46.0 Å². The van der Waals surface area contributed by atoms with Crippen LogP contribution in [0.1, 0.15) is 18.1 Å². The molecule has 25 heavy (non-hydrogen) atoms. The summed E-state index contributed by atoms with van der Waals surface area (Å²) in [6.45, 7) is 2.81. The minimum Gasteiger partial charge on any atom is -0.490 e. The number of ether oxygens (including phenoxy) is 2. The summed E-state index contributed by atoms with van der Waals surface area (Å²) < 4.78 is 12.4. The van der Waals surface area contributed by atoms with Gasteiger partial charge in [-0.25, -0.2) is 0 Å². The third-order valence-electron chi connectivity index (χ3n) is 3.02. The lowest BCUT2D eigenvalue weighted by Crippen LogP contribution is -2.23. The van der Waals surface area contributed by atoms with E-state index in [-0.39, 0.29) is 5.11 Å². The van der Waals surface area contributed by atoms with Crippen LogP contribution < -0.4 is 20.6 Å². The lowest BCUT2D eigenvalue weighted by molar-refractivity contribution is 0.267. The highest BCUT2D eigenvalue weighted by molar-refractivity contribution is 9.10. The highest BCUT2D eigenvalue weighted by atomic mass is 79.9. The van der Waals surface area contributed by atoms with E-state index in [2.05, 4.69) is 26.5 Å². The van der Waals surface area contributed by atoms with E-state index in [0.29, 0.717) is 29.7 Å². The highest BCUT2D eigenvalue weighted by Crippen LogP contribution is 2.37. The molecule has 0 saturated carbocycles. The van der Waals surface area contributed by atoms with Crippen LogP contribution >= 0.6 is 39.7 Å². The maximum Gasteiger partial charge on any atom is 0.184 e. The minimum atomic E-state index is 0.100. The zero-order valence-electron chi connectivity index (χ0n) is 13.5. The zero-order valence-corrected chi connectivity index (χ0v) is 16.6. The number of nitrogens with two attached hydrogens (primary N) is 1. The zero-order chi connectivity index (χ0) is 18.2. The maximum absolute atomic E-state index is 5.93. The molecule has 3 N–H and O–H groups in total. The van der Waals surface area contributed by atoms with Crippen molar-refractivity contribution in [3.8, 4) is 11.5 Å². The molecule has 132 valence electrons. The van der Waals surface area contributed by atoms with Gasteiger partial charge in [0.25, 0.3) is 0 Å². The third-order valence-corrected chi connectivity index (χ3v) is 3.95. The van der Waals surface area contributed by atoms with Gasteiger partial charge in [0.2, 0.25) is 0 Å². The maximum atomic E-state index is 5.93. The number of rotatable bonds is 7. The van der Waals surface area contributed by atoms with Gasteiger partial charge in [-0.15, -0.1) is 0 Å². The second-order valence-electron chi connectivity index (χ2n) is 4.91. The van der Waals surface area contributed by atoms with Crippen molar-refractivity contribution in [3.05, 3.63) is 57.0 Å². The van der Waals surface area contributed by atoms with Crippen LogP contribution in [0.2, 0.25) is 5.02 Å². The number of hydrazone groups is 1. The Morgan fingerprint density at radius 1 is 1.32 bits per heavy atom. The molecule has 2 rings (SSSR count). The van der Waals surface area contributed by atoms with E-state index < -0.39 is 0 Å². The Bertz CT molecular complexity index is 769. The van der Waals surface area contributed by atoms with Crippen LogP contribution in [-0.2, 0) is 6.61 Å². The van der Waals surface area contributed by atoms with E-state index >= 15 is 0 Å². The molecule has 8 heteroatoms. The van der Waals surface area contributed by atoms with Gasteiger partial charge >= 0.3 is 0 Å². The summed E-state index contributed by atoms with van der Waals surface area (Å²) in [5.74, 6) is 1.24. The van der Waals surface area contributed by atoms with E-state index in [4.69, 9.17) is 39.0 Å². The number of hydrogen-bond donors (Lipinski definition) is 2. The van der Waals surface area contributed by atoms with Crippen LogP contribution in [0.5, 0.6) is 11.5 Å². The largest absolute Gasteiger partial charge is 0.490 e. The number of nitrogens with zero attached hydrogens (tertiary/aromatic N) is 1. The molecule has 0 aliphatic carbocycles. The molecule has 0 radical (unpaired) electrons. The first-order valence-corrected chi connectivity index (χ1v) is 8.99. The molecule has 5 nitrogen and oxygen atoms in total. The lowest BCUT2D eigenvalue weighted by atomic mass is 10.2. The van der Waals surface area contributed by atoms with E-state index in [1.807, 2.05) is 43.3 Å². The number of nitrogens with one attached hydrogen (secondary N) is 1. The van der Waals surface area contributed by atoms with Gasteiger partial charge in [0, 0.05) is 5.02 Å². The molecule has 0 atom stereocenters. The van der Waals surface area contributed by atoms with Crippen LogP contribution in [0.4, 0.5) is 0 Å². The monoisotopic (exact) mass is 441 g/mol. The topological polar surface area (TPSA) is 68.9 Å². The molecule has 0 heterocycles. The number of benzene rings is 2. The minimum absolute atomic E-state index is 0.100. The molecule has 0 aliphatic heterocycles. The Hall–Kier alpha value is -1.83. The standard InChI is InChI=1S/C17H17BrClN3O2S/c1-2-23-15-8-12(9-21-22-17(20)25)7-14(18)16(15)24-10-11-3-5-13(19)6-4-11/h3-9H,2,10H2,1H3,(H3,20,22,25)/b21-9-. The Labute approximate surface area is 165 Å². The summed E-state index contributed by atoms with van der Waals surface area (Å²) >= 11 is 14.1. The van der Waals surface area contributed by atoms with E-state index in [1.165, 1.54) is 0 Å². The first-order valence-electron chi connectivity index (χ1n) is 7.41. The Morgan fingerprint density at radius 2 is 2.04 bits per heavy atom. The van der Waals surface area contributed by atoms with Crippen LogP contribution in [0.3, 0.4) is 0 Å². The van der Waals surface area contributed by atoms with Gasteiger partial charge < -0.3 is 15.2 Å². The average molecular weight is 443 g/mol. The van der Waals surface area contributed by atoms with Gasteiger partial charge in [-0.2, -0.15) is 5.10 Å². The molecule has 0 amide bonds. The van der Waals surface area contributed by atoms with Gasteiger partial charge in [0.1, 0.15) is 6.61 Å². The second kappa shape index (κ2) is 9.60. The molecule has 2 aromatic rings. The summed E-state index contributed by atoms with van der Waals surface area (Å²) in [4.78, 5) is 0. The fourth-order valence-corrected chi connectivity index (χ4v) is 2.72. The fourth-order valence-electron chi connectivity index (χ4n) is 1.97. The Balaban J connectivity index is 2.19. The van der Waals surface area contributed by atoms with Crippen LogP contribution in [-0.4, -0.2) is 17.9 Å². The van der Waals surface area contributed by atoms with Gasteiger partial charge in [-0.3, -0.25) is 5.43 Å². The first kappa shape index (κ1) is 19.5. The molecule has 0 aliphatic rings. The van der Waals surface area contributed by atoms with E-state index in [1.54, 1.807) is 6.21 Å². The smallest absolute Gasteiger partial charge is 0.184 e. The quantitative estimate of drug-likeness (QED) is 0.381. The first-order chi connectivity index (χ1) is 12.0. The van der Waals surface area contributed by atoms with Crippen molar-refractivity contribution < 1.29 is 9.47 Å². The number of thiocarbonyl (C=S) groups is 1. The summed E-state index contributed by atoms with van der Waals surface area (Å²) in [7, 11) is 0. The molecule has 0 unspecified atom stereocenters. The summed E-state index contributed by atoms with van der Waals surface area (Å²) in [5, 5.41) is 4.73. The summed E-state index contributed by atoms with van der Waals surface area (Å²) in [6, 6.07) is 11.2. The van der Waals surface area contributed by atoms with Crippen molar-refractivity contribution in [3.63, 3.8) is 0 Å². The normalized spacial score (nSPS) is 10.7. The molecule has 2 aromatic carbocycles. The second-order valence-corrected chi connectivity index (χ2v) is 6.64. The van der Waals surface area contributed by atoms with Crippen LogP contribution in [0.25, 0.3) is 0 Å². The SMILES string of the molecule is CCOc1cc(/C=N\NC(N)=S)cc(Br)c1OCc1ccc(Cl)cc1. The molecule has 0 spiro atoms. The number of hydrogen-bond acceptors (Lipinski definition) is 4. The highest BCUT2D eigenvalue weighted by Gasteiger charge is 2.12. The fraction of sp³-hybridized carbons (Fsp3) is 0.176. The third kappa shape index (κ3) is 6.19. The van der Waals surface area contributed by atoms with Crippen molar-refractivity contribution >= 4 is 51.1 Å². The predicted molar refractivity (Wildman–Crippen MR) is 109 cm³/mol. The van der Waals surface area contributed by atoms with Crippen LogP contribution in [0, 0.1) is 0 Å². The summed E-state index contributed by atoms with van der Waals surface area (Å²) in [6.07, 6.45) is 1.59. The summed E-state index contributed by atoms with van der Waals surface area (Å²) in [5.41, 5.74) is 9.66. The molecule has 0 bridgehead atoms. The molecule has 0 saturated heterocycles. The van der Waals surface area contributed by atoms with Crippen molar-refractivity contribution in [2.45, 2.75) is 13.5 Å². The van der Waals surface area contributed by atoms with E-state index in [9.17, 15) is 0 Å².